The number of alkyl halides is 1. The highest BCUT2D eigenvalue weighted by molar-refractivity contribution is 6.17. The topological polar surface area (TPSA) is 90.9 Å². The Labute approximate surface area is 161 Å². The van der Waals surface area contributed by atoms with Gasteiger partial charge < -0.3 is 15.8 Å². The van der Waals surface area contributed by atoms with Gasteiger partial charge in [0.15, 0.2) is 11.3 Å². The maximum absolute atomic E-state index is 14.4. The van der Waals surface area contributed by atoms with E-state index in [0.717, 1.165) is 24.0 Å². The van der Waals surface area contributed by atoms with Crippen molar-refractivity contribution < 1.29 is 9.13 Å². The first-order valence-electron chi connectivity index (χ1n) is 8.72. The zero-order valence-corrected chi connectivity index (χ0v) is 16.1. The molecule has 0 unspecified atom stereocenters. The van der Waals surface area contributed by atoms with Gasteiger partial charge in [0, 0.05) is 18.0 Å². The second-order valence-corrected chi connectivity index (χ2v) is 6.40. The lowest BCUT2D eigenvalue weighted by Gasteiger charge is -2.12. The van der Waals surface area contributed by atoms with E-state index < -0.39 is 5.95 Å². The van der Waals surface area contributed by atoms with E-state index in [1.807, 2.05) is 18.2 Å². The van der Waals surface area contributed by atoms with Crippen molar-refractivity contribution in [1.29, 1.82) is 0 Å². The molecule has 0 aliphatic heterocycles. The van der Waals surface area contributed by atoms with Crippen LogP contribution in [0.15, 0.2) is 18.2 Å². The molecule has 144 valence electrons. The minimum atomic E-state index is -0.686. The number of benzene rings is 1. The molecule has 0 bridgehead atoms. The SMILES string of the molecule is CCCCNc1nc(N)nc2c(F)nn(Cc3ccc(CCl)cc3OC)c12. The largest absolute Gasteiger partial charge is 0.496 e. The fourth-order valence-corrected chi connectivity index (χ4v) is 3.02. The van der Waals surface area contributed by atoms with Gasteiger partial charge in [-0.15, -0.1) is 16.7 Å². The Kier molecular flexibility index (Phi) is 5.95. The van der Waals surface area contributed by atoms with Crippen LogP contribution in [0.2, 0.25) is 0 Å². The van der Waals surface area contributed by atoms with Crippen LogP contribution in [0.3, 0.4) is 0 Å². The second kappa shape index (κ2) is 8.39. The van der Waals surface area contributed by atoms with E-state index in [-0.39, 0.29) is 11.5 Å². The van der Waals surface area contributed by atoms with Crippen LogP contribution in [-0.2, 0) is 12.4 Å². The van der Waals surface area contributed by atoms with Crippen molar-refractivity contribution in [3.05, 3.63) is 35.3 Å². The summed E-state index contributed by atoms with van der Waals surface area (Å²) in [7, 11) is 1.58. The average Bonchev–Trinajstić information content (AvgIpc) is 2.97. The second-order valence-electron chi connectivity index (χ2n) is 6.14. The molecule has 1 aromatic carbocycles. The minimum absolute atomic E-state index is 0.00370. The summed E-state index contributed by atoms with van der Waals surface area (Å²) in [5.74, 6) is 0.833. The lowest BCUT2D eigenvalue weighted by Crippen LogP contribution is -2.10. The zero-order chi connectivity index (χ0) is 19.4. The molecule has 0 amide bonds. The van der Waals surface area contributed by atoms with Crippen molar-refractivity contribution in [3.63, 3.8) is 0 Å². The number of nitrogens with zero attached hydrogens (tertiary/aromatic N) is 4. The van der Waals surface area contributed by atoms with Crippen LogP contribution in [0.1, 0.15) is 30.9 Å². The van der Waals surface area contributed by atoms with Gasteiger partial charge in [-0.25, -0.2) is 4.98 Å². The molecule has 3 aromatic rings. The normalized spacial score (nSPS) is 11.1. The van der Waals surface area contributed by atoms with Gasteiger partial charge >= 0.3 is 0 Å². The summed E-state index contributed by atoms with van der Waals surface area (Å²) in [5.41, 5.74) is 8.08. The first-order valence-corrected chi connectivity index (χ1v) is 9.26. The van der Waals surface area contributed by atoms with Crippen molar-refractivity contribution in [2.45, 2.75) is 32.2 Å². The van der Waals surface area contributed by atoms with Crippen molar-refractivity contribution in [1.82, 2.24) is 19.7 Å². The number of rotatable bonds is 8. The maximum Gasteiger partial charge on any atom is 0.259 e. The molecular weight excluding hydrogens is 371 g/mol. The Bertz CT molecular complexity index is 945. The minimum Gasteiger partial charge on any atom is -0.496 e. The Balaban J connectivity index is 2.04. The van der Waals surface area contributed by atoms with Crippen LogP contribution in [0, 0.1) is 5.95 Å². The lowest BCUT2D eigenvalue weighted by atomic mass is 10.1. The fourth-order valence-electron chi connectivity index (χ4n) is 2.85. The molecule has 2 heterocycles. The van der Waals surface area contributed by atoms with E-state index in [1.54, 1.807) is 7.11 Å². The molecule has 27 heavy (non-hydrogen) atoms. The summed E-state index contributed by atoms with van der Waals surface area (Å²) in [6.07, 6.45) is 1.98. The van der Waals surface area contributed by atoms with Gasteiger partial charge in [0.05, 0.1) is 13.7 Å². The third-order valence-corrected chi connectivity index (χ3v) is 4.52. The number of nitrogens with two attached hydrogens (primary N) is 1. The van der Waals surface area contributed by atoms with Gasteiger partial charge in [-0.3, -0.25) is 4.68 Å². The Morgan fingerprint density at radius 2 is 2.15 bits per heavy atom. The molecule has 9 heteroatoms. The predicted molar refractivity (Wildman–Crippen MR) is 105 cm³/mol. The van der Waals surface area contributed by atoms with E-state index in [4.69, 9.17) is 22.1 Å². The van der Waals surface area contributed by atoms with E-state index >= 15 is 0 Å². The van der Waals surface area contributed by atoms with Gasteiger partial charge in [0.1, 0.15) is 11.3 Å². The molecule has 3 N–H and O–H groups in total. The molecule has 7 nitrogen and oxygen atoms in total. The van der Waals surface area contributed by atoms with Gasteiger partial charge in [0.25, 0.3) is 5.95 Å². The molecule has 0 aliphatic rings. The maximum atomic E-state index is 14.4. The monoisotopic (exact) mass is 392 g/mol. The first kappa shape index (κ1) is 19.2. The molecule has 0 aliphatic carbocycles. The number of fused-ring (bicyclic) bond motifs is 1. The zero-order valence-electron chi connectivity index (χ0n) is 15.3. The van der Waals surface area contributed by atoms with Gasteiger partial charge in [-0.05, 0) is 18.1 Å². The molecule has 0 saturated carbocycles. The number of methoxy groups -OCH3 is 1. The molecule has 0 fully saturated rings. The molecule has 0 spiro atoms. The Morgan fingerprint density at radius 1 is 1.33 bits per heavy atom. The van der Waals surface area contributed by atoms with Crippen LogP contribution in [0.4, 0.5) is 16.2 Å². The number of nitrogen functional groups attached to an aromatic ring is 1. The van der Waals surface area contributed by atoms with Gasteiger partial charge in [-0.1, -0.05) is 25.5 Å². The van der Waals surface area contributed by atoms with Crippen LogP contribution in [-0.4, -0.2) is 33.4 Å². The van der Waals surface area contributed by atoms with Crippen LogP contribution < -0.4 is 15.8 Å². The lowest BCUT2D eigenvalue weighted by molar-refractivity contribution is 0.406. The quantitative estimate of drug-likeness (QED) is 0.450. The number of nitrogens with one attached hydrogen (secondary N) is 1. The summed E-state index contributed by atoms with van der Waals surface area (Å²) in [6, 6.07) is 5.66. The number of aromatic nitrogens is 4. The highest BCUT2D eigenvalue weighted by Gasteiger charge is 2.19. The summed E-state index contributed by atoms with van der Waals surface area (Å²) >= 11 is 5.89. The molecule has 0 radical (unpaired) electrons. The van der Waals surface area contributed by atoms with Crippen molar-refractivity contribution in [3.8, 4) is 5.75 Å². The highest BCUT2D eigenvalue weighted by Crippen LogP contribution is 2.27. The number of unbranched alkanes of at least 4 members (excludes halogenated alkanes) is 1. The summed E-state index contributed by atoms with van der Waals surface area (Å²) < 4.78 is 21.4. The summed E-state index contributed by atoms with van der Waals surface area (Å²) in [5, 5.41) is 7.21. The Hall–Kier alpha value is -2.61. The number of hydrogen-bond donors (Lipinski definition) is 2. The van der Waals surface area contributed by atoms with E-state index in [2.05, 4.69) is 27.3 Å². The van der Waals surface area contributed by atoms with Crippen molar-refractivity contribution >= 4 is 34.4 Å². The average molecular weight is 393 g/mol. The standard InChI is InChI=1S/C18H22ClFN6O/c1-3-4-7-22-17-15-14(23-18(21)24-17)16(20)25-26(15)10-12-6-5-11(9-19)8-13(12)27-2/h5-6,8H,3-4,7,9-10H2,1-2H3,(H3,21,22,23,24). The molecule has 0 atom stereocenters. The third-order valence-electron chi connectivity index (χ3n) is 4.21. The molecule has 3 rings (SSSR count). The first-order chi connectivity index (χ1) is 13.1. The predicted octanol–water partition coefficient (Wildman–Crippen LogP) is 3.56. The van der Waals surface area contributed by atoms with E-state index in [9.17, 15) is 4.39 Å². The van der Waals surface area contributed by atoms with Crippen LogP contribution in [0.25, 0.3) is 11.0 Å². The number of anilines is 2. The highest BCUT2D eigenvalue weighted by atomic mass is 35.5. The van der Waals surface area contributed by atoms with Crippen LogP contribution >= 0.6 is 11.6 Å². The van der Waals surface area contributed by atoms with Gasteiger partial charge in [-0.2, -0.15) is 9.37 Å². The molecule has 0 saturated heterocycles. The van der Waals surface area contributed by atoms with E-state index in [0.29, 0.717) is 36.1 Å². The van der Waals surface area contributed by atoms with Gasteiger partial charge in [0.2, 0.25) is 5.95 Å². The van der Waals surface area contributed by atoms with Crippen LogP contribution in [0.5, 0.6) is 5.75 Å². The molecular formula is C18H22ClFN6O. The van der Waals surface area contributed by atoms with Crippen molar-refractivity contribution in [2.24, 2.45) is 0 Å². The summed E-state index contributed by atoms with van der Waals surface area (Å²) in [6.45, 7) is 3.08. The molecule has 2 aromatic heterocycles. The fraction of sp³-hybridized carbons (Fsp3) is 0.389. The third kappa shape index (κ3) is 4.05. The van der Waals surface area contributed by atoms with Crippen molar-refractivity contribution in [2.75, 3.05) is 24.7 Å². The Morgan fingerprint density at radius 3 is 2.85 bits per heavy atom. The number of ether oxygens (including phenoxy) is 1. The summed E-state index contributed by atoms with van der Waals surface area (Å²) in [4.78, 5) is 8.25. The van der Waals surface area contributed by atoms with E-state index in [1.165, 1.54) is 4.68 Å². The smallest absolute Gasteiger partial charge is 0.259 e. The number of hydrogen-bond acceptors (Lipinski definition) is 6. The number of halogens is 2.